The molecule has 3 aliphatic heterocycles. The molecule has 37 heavy (non-hydrogen) atoms. The minimum Gasteiger partial charge on any atom is -0.373 e. The fourth-order valence-electron chi connectivity index (χ4n) is 6.07. The quantitative estimate of drug-likeness (QED) is 0.514. The van der Waals surface area contributed by atoms with Crippen molar-refractivity contribution in [2.45, 2.75) is 57.8 Å². The van der Waals surface area contributed by atoms with E-state index in [0.717, 1.165) is 23.0 Å². The van der Waals surface area contributed by atoms with Crippen molar-refractivity contribution in [2.24, 2.45) is 5.41 Å². The lowest BCUT2D eigenvalue weighted by molar-refractivity contribution is -0.142. The first-order chi connectivity index (χ1) is 17.7. The van der Waals surface area contributed by atoms with Crippen LogP contribution in [0.3, 0.4) is 0 Å². The molecule has 8 heteroatoms. The molecule has 4 heterocycles. The van der Waals surface area contributed by atoms with Crippen LogP contribution in [0, 0.1) is 5.41 Å². The van der Waals surface area contributed by atoms with Gasteiger partial charge in [-0.15, -0.1) is 0 Å². The third kappa shape index (κ3) is 4.14. The highest BCUT2D eigenvalue weighted by atomic mass is 16.2. The molecule has 0 saturated carbocycles. The Hall–Kier alpha value is -3.81. The van der Waals surface area contributed by atoms with Crippen LogP contribution in [0.2, 0.25) is 0 Å². The maximum Gasteiger partial charge on any atom is 0.268 e. The monoisotopic (exact) mass is 499 g/mol. The number of nitrogens with one attached hydrogen (secondary N) is 3. The Labute approximate surface area is 216 Å². The summed E-state index contributed by atoms with van der Waals surface area (Å²) in [6, 6.07) is 16.6. The van der Waals surface area contributed by atoms with E-state index in [-0.39, 0.29) is 35.8 Å². The van der Waals surface area contributed by atoms with Crippen molar-refractivity contribution >= 4 is 34.3 Å². The molecule has 2 bridgehead atoms. The number of anilines is 1. The number of benzene rings is 2. The molecule has 2 saturated heterocycles. The Morgan fingerprint density at radius 2 is 1.68 bits per heavy atom. The van der Waals surface area contributed by atoms with Gasteiger partial charge in [0.1, 0.15) is 17.8 Å². The zero-order valence-corrected chi connectivity index (χ0v) is 21.5. The lowest BCUT2D eigenvalue weighted by Gasteiger charge is -2.39. The van der Waals surface area contributed by atoms with Gasteiger partial charge in [0.05, 0.1) is 12.1 Å². The van der Waals surface area contributed by atoms with Crippen LogP contribution in [0.15, 0.2) is 54.6 Å². The highest BCUT2D eigenvalue weighted by Crippen LogP contribution is 2.35. The second-order valence-electron chi connectivity index (χ2n) is 11.6. The van der Waals surface area contributed by atoms with Gasteiger partial charge in [0.25, 0.3) is 5.91 Å². The number of rotatable bonds is 4. The van der Waals surface area contributed by atoms with E-state index in [4.69, 9.17) is 0 Å². The summed E-state index contributed by atoms with van der Waals surface area (Å²) in [5, 5.41) is 7.33. The molecule has 3 amide bonds. The molecule has 3 aromatic rings. The highest BCUT2D eigenvalue weighted by molar-refractivity contribution is 6.00. The van der Waals surface area contributed by atoms with Crippen molar-refractivity contribution < 1.29 is 14.4 Å². The highest BCUT2D eigenvalue weighted by Gasteiger charge is 2.50. The molecule has 3 N–H and O–H groups in total. The maximum atomic E-state index is 13.8. The van der Waals surface area contributed by atoms with Gasteiger partial charge >= 0.3 is 0 Å². The van der Waals surface area contributed by atoms with Gasteiger partial charge in [-0.05, 0) is 35.6 Å². The summed E-state index contributed by atoms with van der Waals surface area (Å²) in [5.41, 5.74) is 3.04. The summed E-state index contributed by atoms with van der Waals surface area (Å²) in [7, 11) is 0. The zero-order valence-electron chi connectivity index (χ0n) is 21.5. The van der Waals surface area contributed by atoms with Crippen molar-refractivity contribution in [3.05, 3.63) is 65.9 Å². The first-order valence-corrected chi connectivity index (χ1v) is 13.0. The van der Waals surface area contributed by atoms with Crippen LogP contribution >= 0.6 is 0 Å². The number of likely N-dealkylation sites (tertiary alicyclic amines) is 2. The fraction of sp³-hybridized carbons (Fsp3) is 0.414. The van der Waals surface area contributed by atoms with Gasteiger partial charge in [-0.1, -0.05) is 57.2 Å². The molecule has 4 unspecified atom stereocenters. The van der Waals surface area contributed by atoms with E-state index < -0.39 is 11.5 Å². The first kappa shape index (κ1) is 23.6. The summed E-state index contributed by atoms with van der Waals surface area (Å²) < 4.78 is 0. The van der Waals surface area contributed by atoms with Crippen molar-refractivity contribution in [1.82, 2.24) is 20.1 Å². The van der Waals surface area contributed by atoms with Crippen LogP contribution in [-0.4, -0.2) is 69.8 Å². The van der Waals surface area contributed by atoms with Crippen LogP contribution in [0.25, 0.3) is 10.9 Å². The number of hydrogen-bond acceptors (Lipinski definition) is 4. The molecular weight excluding hydrogens is 466 g/mol. The molecule has 0 spiro atoms. The van der Waals surface area contributed by atoms with E-state index in [1.54, 1.807) is 0 Å². The van der Waals surface area contributed by atoms with E-state index in [1.165, 1.54) is 5.56 Å². The topological polar surface area (TPSA) is 97.5 Å². The lowest BCUT2D eigenvalue weighted by Crippen LogP contribution is -2.60. The lowest BCUT2D eigenvalue weighted by atomic mass is 9.85. The third-order valence-electron chi connectivity index (χ3n) is 8.04. The summed E-state index contributed by atoms with van der Waals surface area (Å²) in [6.07, 6.45) is 1.47. The standard InChI is InChI=1S/C29H33N5O3/c1-29(2,3)25(32-26(35)23-12-17-8-4-6-10-21(17)30-23)28(37)34-16-19-14-20(34)15-33(19)27(36)24-13-18-9-5-7-11-22(18)31-24/h4-12,19-20,24-25,30-31H,13-16H2,1-3H3,(H,32,35). The number of aromatic amines is 1. The Balaban J connectivity index is 1.13. The number of para-hydroxylation sites is 2. The van der Waals surface area contributed by atoms with E-state index in [9.17, 15) is 14.4 Å². The van der Waals surface area contributed by atoms with E-state index in [2.05, 4.69) is 21.7 Å². The number of amides is 3. The van der Waals surface area contributed by atoms with Gasteiger partial charge in [-0.2, -0.15) is 0 Å². The number of carbonyl (C=O) groups is 3. The van der Waals surface area contributed by atoms with Gasteiger partial charge in [-0.25, -0.2) is 0 Å². The van der Waals surface area contributed by atoms with Crippen LogP contribution in [-0.2, 0) is 16.0 Å². The number of fused-ring (bicyclic) bond motifs is 4. The van der Waals surface area contributed by atoms with Gasteiger partial charge in [0.2, 0.25) is 11.8 Å². The molecule has 1 aromatic heterocycles. The zero-order chi connectivity index (χ0) is 25.9. The molecule has 6 rings (SSSR count). The largest absolute Gasteiger partial charge is 0.373 e. The van der Waals surface area contributed by atoms with Crippen molar-refractivity contribution in [3.8, 4) is 0 Å². The number of H-pyrrole nitrogens is 1. The Morgan fingerprint density at radius 3 is 2.38 bits per heavy atom. The predicted molar refractivity (Wildman–Crippen MR) is 142 cm³/mol. The fourth-order valence-corrected chi connectivity index (χ4v) is 6.07. The molecule has 0 radical (unpaired) electrons. The third-order valence-corrected chi connectivity index (χ3v) is 8.04. The second kappa shape index (κ2) is 8.64. The predicted octanol–water partition coefficient (Wildman–Crippen LogP) is 3.16. The Kier molecular flexibility index (Phi) is 5.51. The van der Waals surface area contributed by atoms with Gasteiger partial charge in [0.15, 0.2) is 0 Å². The normalized spacial score (nSPS) is 23.2. The minimum atomic E-state index is -0.680. The maximum absolute atomic E-state index is 13.8. The smallest absolute Gasteiger partial charge is 0.268 e. The van der Waals surface area contributed by atoms with Crippen LogP contribution in [0.4, 0.5) is 5.69 Å². The number of aromatic nitrogens is 1. The number of carbonyl (C=O) groups excluding carboxylic acids is 3. The number of hydrogen-bond donors (Lipinski definition) is 3. The van der Waals surface area contributed by atoms with Gasteiger partial charge in [-0.3, -0.25) is 14.4 Å². The molecule has 0 aliphatic carbocycles. The number of nitrogens with zero attached hydrogens (tertiary/aromatic N) is 2. The molecule has 3 aliphatic rings. The molecule has 8 nitrogen and oxygen atoms in total. The molecule has 2 aromatic carbocycles. The van der Waals surface area contributed by atoms with Crippen LogP contribution in [0.1, 0.15) is 43.2 Å². The number of piperazine rings is 1. The van der Waals surface area contributed by atoms with Crippen molar-refractivity contribution in [1.29, 1.82) is 0 Å². The summed E-state index contributed by atoms with van der Waals surface area (Å²) in [6.45, 7) is 6.94. The summed E-state index contributed by atoms with van der Waals surface area (Å²) in [5.74, 6) is -0.268. The van der Waals surface area contributed by atoms with E-state index in [0.29, 0.717) is 25.2 Å². The van der Waals surface area contributed by atoms with E-state index >= 15 is 0 Å². The second-order valence-corrected chi connectivity index (χ2v) is 11.6. The Morgan fingerprint density at radius 1 is 0.973 bits per heavy atom. The van der Waals surface area contributed by atoms with E-state index in [1.807, 2.05) is 79.1 Å². The molecule has 4 atom stereocenters. The average molecular weight is 500 g/mol. The van der Waals surface area contributed by atoms with Crippen LogP contribution < -0.4 is 10.6 Å². The Bertz CT molecular complexity index is 1330. The molecular formula is C29H33N5O3. The summed E-state index contributed by atoms with van der Waals surface area (Å²) in [4.78, 5) is 47.3. The SMILES string of the molecule is CC(C)(C)C(NC(=O)c1cc2ccccc2[nH]1)C(=O)N1CC2CC1CN2C(=O)C1Cc2ccccc2N1. The van der Waals surface area contributed by atoms with Gasteiger partial charge in [0, 0.05) is 36.1 Å². The van der Waals surface area contributed by atoms with Crippen LogP contribution in [0.5, 0.6) is 0 Å². The molecule has 2 fully saturated rings. The first-order valence-electron chi connectivity index (χ1n) is 13.0. The minimum absolute atomic E-state index is 0.0111. The molecule has 192 valence electrons. The van der Waals surface area contributed by atoms with Crippen molar-refractivity contribution in [3.63, 3.8) is 0 Å². The summed E-state index contributed by atoms with van der Waals surface area (Å²) >= 11 is 0. The van der Waals surface area contributed by atoms with Crippen molar-refractivity contribution in [2.75, 3.05) is 18.4 Å². The van der Waals surface area contributed by atoms with Gasteiger partial charge < -0.3 is 25.4 Å². The average Bonchev–Trinajstić information content (AvgIpc) is 3.66.